The Labute approximate surface area is 190 Å². The first-order valence-corrected chi connectivity index (χ1v) is 11.5. The highest BCUT2D eigenvalue weighted by molar-refractivity contribution is 6.04. The van der Waals surface area contributed by atoms with Gasteiger partial charge in [0, 0.05) is 34.7 Å². The highest BCUT2D eigenvalue weighted by Crippen LogP contribution is 2.29. The van der Waals surface area contributed by atoms with Crippen molar-refractivity contribution in [1.29, 1.82) is 5.26 Å². The number of nitrogens with one attached hydrogen (secondary N) is 1. The molecule has 2 aromatic carbocycles. The first-order valence-electron chi connectivity index (χ1n) is 11.5. The third-order valence-electron chi connectivity index (χ3n) is 6.78. The number of hydrogen-bond donors (Lipinski definition) is 1. The fourth-order valence-corrected chi connectivity index (χ4v) is 4.91. The number of fused-ring (bicyclic) bond motifs is 1. The van der Waals surface area contributed by atoms with Gasteiger partial charge in [0.25, 0.3) is 5.91 Å². The number of amides is 1. The van der Waals surface area contributed by atoms with Crippen LogP contribution < -0.4 is 5.32 Å². The molecule has 0 bridgehead atoms. The molecule has 1 amide bonds. The van der Waals surface area contributed by atoms with Crippen LogP contribution in [0.15, 0.2) is 54.1 Å². The highest BCUT2D eigenvalue weighted by atomic mass is 16.1. The Hall–Kier alpha value is -3.32. The summed E-state index contributed by atoms with van der Waals surface area (Å²) in [4.78, 5) is 13.0. The Bertz CT molecular complexity index is 1210. The largest absolute Gasteiger partial charge is 0.348 e. The first-order chi connectivity index (χ1) is 15.5. The number of carbonyl (C=O) groups is 1. The second-order valence-electron chi connectivity index (χ2n) is 9.10. The van der Waals surface area contributed by atoms with Gasteiger partial charge in [-0.15, -0.1) is 0 Å². The van der Waals surface area contributed by atoms with Crippen LogP contribution in [-0.4, -0.2) is 16.5 Å². The number of benzene rings is 2. The summed E-state index contributed by atoms with van der Waals surface area (Å²) in [6.07, 6.45) is 6.23. The van der Waals surface area contributed by atoms with Crippen molar-refractivity contribution in [2.45, 2.75) is 59.0 Å². The highest BCUT2D eigenvalue weighted by Gasteiger charge is 2.24. The van der Waals surface area contributed by atoms with Gasteiger partial charge in [-0.05, 0) is 50.3 Å². The monoisotopic (exact) mass is 425 g/mol. The lowest BCUT2D eigenvalue weighted by molar-refractivity contribution is -0.118. The first kappa shape index (κ1) is 21.9. The molecule has 164 valence electrons. The van der Waals surface area contributed by atoms with E-state index in [9.17, 15) is 10.1 Å². The molecule has 0 spiro atoms. The predicted molar refractivity (Wildman–Crippen MR) is 130 cm³/mol. The van der Waals surface area contributed by atoms with E-state index in [-0.39, 0.29) is 17.5 Å². The lowest BCUT2D eigenvalue weighted by Crippen LogP contribution is -2.41. The molecule has 4 nitrogen and oxygen atoms in total. The number of hydrogen-bond acceptors (Lipinski definition) is 2. The Kier molecular flexibility index (Phi) is 6.46. The second-order valence-corrected chi connectivity index (χ2v) is 9.10. The molecule has 3 aromatic rings. The molecule has 1 aliphatic carbocycles. The van der Waals surface area contributed by atoms with Gasteiger partial charge in [-0.25, -0.2) is 0 Å². The summed E-state index contributed by atoms with van der Waals surface area (Å²) >= 11 is 0. The Morgan fingerprint density at radius 1 is 1.16 bits per heavy atom. The topological polar surface area (TPSA) is 57.8 Å². The molecular weight excluding hydrogens is 394 g/mol. The summed E-state index contributed by atoms with van der Waals surface area (Å²) in [6.45, 7) is 7.10. The van der Waals surface area contributed by atoms with Crippen LogP contribution >= 0.6 is 0 Å². The maximum atomic E-state index is 13.0. The normalized spacial score (nSPS) is 19.0. The number of carbonyl (C=O) groups excluding carboxylic acids is 1. The molecule has 32 heavy (non-hydrogen) atoms. The Morgan fingerprint density at radius 3 is 2.69 bits per heavy atom. The van der Waals surface area contributed by atoms with E-state index in [0.29, 0.717) is 5.92 Å². The summed E-state index contributed by atoms with van der Waals surface area (Å²) in [5.41, 5.74) is 5.74. The third-order valence-corrected chi connectivity index (χ3v) is 6.78. The van der Waals surface area contributed by atoms with Crippen LogP contribution in [-0.2, 0) is 11.3 Å². The van der Waals surface area contributed by atoms with E-state index < -0.39 is 0 Å². The Balaban J connectivity index is 1.70. The van der Waals surface area contributed by atoms with Gasteiger partial charge >= 0.3 is 0 Å². The average molecular weight is 426 g/mol. The van der Waals surface area contributed by atoms with E-state index in [0.717, 1.165) is 48.0 Å². The van der Waals surface area contributed by atoms with Crippen molar-refractivity contribution in [3.05, 3.63) is 76.5 Å². The van der Waals surface area contributed by atoms with Crippen LogP contribution in [0, 0.1) is 31.1 Å². The predicted octanol–water partition coefficient (Wildman–Crippen LogP) is 5.91. The van der Waals surface area contributed by atoms with Crippen molar-refractivity contribution in [3.8, 4) is 6.07 Å². The van der Waals surface area contributed by atoms with Crippen LogP contribution in [0.25, 0.3) is 17.0 Å². The zero-order valence-corrected chi connectivity index (χ0v) is 19.2. The molecule has 1 aromatic heterocycles. The number of para-hydroxylation sites is 1. The zero-order valence-electron chi connectivity index (χ0n) is 19.2. The fourth-order valence-electron chi connectivity index (χ4n) is 4.91. The molecule has 0 saturated heterocycles. The molecule has 0 aliphatic heterocycles. The van der Waals surface area contributed by atoms with E-state index in [4.69, 9.17) is 0 Å². The smallest absolute Gasteiger partial charge is 0.262 e. The lowest BCUT2D eigenvalue weighted by Gasteiger charge is -2.29. The number of aromatic nitrogens is 1. The number of rotatable bonds is 5. The number of nitriles is 1. The van der Waals surface area contributed by atoms with Crippen molar-refractivity contribution in [2.75, 3.05) is 0 Å². The van der Waals surface area contributed by atoms with Crippen molar-refractivity contribution in [1.82, 2.24) is 9.88 Å². The van der Waals surface area contributed by atoms with Crippen LogP contribution in [0.4, 0.5) is 0 Å². The minimum atomic E-state index is -0.263. The van der Waals surface area contributed by atoms with Crippen LogP contribution in [0.5, 0.6) is 0 Å². The maximum absolute atomic E-state index is 13.0. The van der Waals surface area contributed by atoms with Crippen molar-refractivity contribution in [2.24, 2.45) is 5.92 Å². The third kappa shape index (κ3) is 4.48. The molecule has 2 atom stereocenters. The van der Waals surface area contributed by atoms with E-state index in [1.165, 1.54) is 17.5 Å². The van der Waals surface area contributed by atoms with Gasteiger partial charge in [-0.2, -0.15) is 5.26 Å². The SMILES string of the molecule is Cc1cccc(Cn2c(C)c(/C=C(\C#N)C(=O)N[C@@H]3CCCC[C@H]3C)c3ccccc32)c1. The van der Waals surface area contributed by atoms with Crippen molar-refractivity contribution < 1.29 is 4.79 Å². The van der Waals surface area contributed by atoms with Gasteiger partial charge < -0.3 is 9.88 Å². The molecule has 4 heteroatoms. The van der Waals surface area contributed by atoms with Gasteiger partial charge in [0.15, 0.2) is 0 Å². The molecule has 0 unspecified atom stereocenters. The minimum Gasteiger partial charge on any atom is -0.348 e. The van der Waals surface area contributed by atoms with Crippen LogP contribution in [0.3, 0.4) is 0 Å². The summed E-state index contributed by atoms with van der Waals surface area (Å²) in [5, 5.41) is 14.0. The summed E-state index contributed by atoms with van der Waals surface area (Å²) in [7, 11) is 0. The standard InChI is InChI=1S/C28H31N3O/c1-19-9-8-11-22(15-19)18-31-21(3)25(24-12-5-7-14-27(24)31)16-23(17-29)28(32)30-26-13-6-4-10-20(26)2/h5,7-9,11-12,14-16,20,26H,4,6,10,13,18H2,1-3H3,(H,30,32)/b23-16+/t20-,26-/m1/s1. The average Bonchev–Trinajstić information content (AvgIpc) is 3.04. The van der Waals surface area contributed by atoms with Gasteiger partial charge in [0.2, 0.25) is 0 Å². The van der Waals surface area contributed by atoms with Crippen LogP contribution in [0.2, 0.25) is 0 Å². The summed E-state index contributed by atoms with van der Waals surface area (Å²) < 4.78 is 2.27. The quantitative estimate of drug-likeness (QED) is 0.408. The fraction of sp³-hybridized carbons (Fsp3) is 0.357. The maximum Gasteiger partial charge on any atom is 0.262 e. The summed E-state index contributed by atoms with van der Waals surface area (Å²) in [5.74, 6) is 0.187. The number of aryl methyl sites for hydroxylation is 1. The number of nitrogens with zero attached hydrogens (tertiary/aromatic N) is 2. The van der Waals surface area contributed by atoms with E-state index in [1.54, 1.807) is 6.08 Å². The van der Waals surface area contributed by atoms with Crippen LogP contribution in [0.1, 0.15) is 55.0 Å². The minimum absolute atomic E-state index is 0.150. The molecule has 1 fully saturated rings. The molecule has 1 N–H and O–H groups in total. The van der Waals surface area contributed by atoms with E-state index >= 15 is 0 Å². The van der Waals surface area contributed by atoms with Gasteiger partial charge in [-0.1, -0.05) is 67.8 Å². The molecule has 1 aliphatic rings. The molecule has 1 heterocycles. The lowest BCUT2D eigenvalue weighted by atomic mass is 9.86. The van der Waals surface area contributed by atoms with Gasteiger partial charge in [-0.3, -0.25) is 4.79 Å². The second kappa shape index (κ2) is 9.44. The molecule has 1 saturated carbocycles. The summed E-state index contributed by atoms with van der Waals surface area (Å²) in [6, 6.07) is 19.0. The van der Waals surface area contributed by atoms with Crippen molar-refractivity contribution >= 4 is 22.9 Å². The van der Waals surface area contributed by atoms with E-state index in [2.05, 4.69) is 73.1 Å². The molecular formula is C28H31N3O. The Morgan fingerprint density at radius 2 is 1.94 bits per heavy atom. The molecule has 0 radical (unpaired) electrons. The van der Waals surface area contributed by atoms with Crippen molar-refractivity contribution in [3.63, 3.8) is 0 Å². The molecule has 4 rings (SSSR count). The zero-order chi connectivity index (χ0) is 22.7. The van der Waals surface area contributed by atoms with Gasteiger partial charge in [0.05, 0.1) is 0 Å². The van der Waals surface area contributed by atoms with E-state index in [1.807, 2.05) is 12.1 Å². The van der Waals surface area contributed by atoms with Gasteiger partial charge in [0.1, 0.15) is 11.6 Å².